The summed E-state index contributed by atoms with van der Waals surface area (Å²) in [5.41, 5.74) is 10.9. The molecule has 0 aliphatic heterocycles. The Balaban J connectivity index is 1.15. The van der Waals surface area contributed by atoms with Crippen molar-refractivity contribution in [1.82, 2.24) is 9.55 Å². The molecule has 0 unspecified atom stereocenters. The SMILES string of the molecule is [2H]C([2H])([2H])C([2H])([2H])c1nc2ccccc2n1-c1ccc(-c2ccc(-c3c4ccccc4c(-c4ccccc4)c4cc(-c5ccccc5)ccc34)cc2)cc1. The normalized spacial score (nSPS) is 13.5. The summed E-state index contributed by atoms with van der Waals surface area (Å²) in [6.45, 7) is -2.89. The van der Waals surface area contributed by atoms with Crippen LogP contribution in [0.15, 0.2) is 176 Å². The highest BCUT2D eigenvalue weighted by molar-refractivity contribution is 6.22. The van der Waals surface area contributed by atoms with Crippen molar-refractivity contribution in [3.05, 3.63) is 182 Å². The predicted octanol–water partition coefficient (Wildman–Crippen LogP) is 12.6. The highest BCUT2D eigenvalue weighted by Gasteiger charge is 2.18. The third-order valence-corrected chi connectivity index (χ3v) is 9.50. The maximum absolute atomic E-state index is 8.54. The summed E-state index contributed by atoms with van der Waals surface area (Å²) < 4.78 is 42.4. The zero-order valence-electron chi connectivity index (χ0n) is 31.6. The summed E-state index contributed by atoms with van der Waals surface area (Å²) >= 11 is 0. The number of aromatic nitrogens is 2. The van der Waals surface area contributed by atoms with Gasteiger partial charge in [0, 0.05) is 18.9 Å². The van der Waals surface area contributed by atoms with Gasteiger partial charge in [-0.2, -0.15) is 0 Å². The van der Waals surface area contributed by atoms with Gasteiger partial charge < -0.3 is 0 Å². The third kappa shape index (κ3) is 5.01. The van der Waals surface area contributed by atoms with E-state index in [9.17, 15) is 0 Å². The first-order valence-corrected chi connectivity index (χ1v) is 16.5. The monoisotopic (exact) mass is 631 g/mol. The van der Waals surface area contributed by atoms with E-state index < -0.39 is 13.2 Å². The van der Waals surface area contributed by atoms with Crippen LogP contribution in [-0.4, -0.2) is 9.55 Å². The van der Waals surface area contributed by atoms with Gasteiger partial charge in [0.2, 0.25) is 0 Å². The molecule has 0 spiro atoms. The van der Waals surface area contributed by atoms with Crippen LogP contribution in [0.5, 0.6) is 0 Å². The molecule has 0 N–H and O–H groups in total. The highest BCUT2D eigenvalue weighted by atomic mass is 15.1. The molecule has 0 bridgehead atoms. The topological polar surface area (TPSA) is 17.8 Å². The first-order chi connectivity index (χ1) is 26.2. The van der Waals surface area contributed by atoms with Crippen LogP contribution in [0.25, 0.3) is 82.8 Å². The van der Waals surface area contributed by atoms with E-state index in [4.69, 9.17) is 6.85 Å². The zero-order chi connectivity index (χ0) is 37.0. The highest BCUT2D eigenvalue weighted by Crippen LogP contribution is 2.45. The Morgan fingerprint density at radius 1 is 0.469 bits per heavy atom. The lowest BCUT2D eigenvalue weighted by molar-refractivity contribution is 0.908. The van der Waals surface area contributed by atoms with Crippen molar-refractivity contribution in [2.24, 2.45) is 0 Å². The molecule has 0 amide bonds. The lowest BCUT2D eigenvalue weighted by Gasteiger charge is -2.19. The smallest absolute Gasteiger partial charge is 0.114 e. The molecular formula is C47H34N2. The Labute approximate surface area is 293 Å². The van der Waals surface area contributed by atoms with Gasteiger partial charge in [-0.05, 0) is 96.4 Å². The molecule has 2 nitrogen and oxygen atoms in total. The first-order valence-electron chi connectivity index (χ1n) is 19.0. The number of nitrogens with zero attached hydrogens (tertiary/aromatic N) is 2. The molecule has 9 rings (SSSR count). The van der Waals surface area contributed by atoms with E-state index in [0.29, 0.717) is 16.7 Å². The van der Waals surface area contributed by atoms with Crippen molar-refractivity contribution in [3.8, 4) is 50.2 Å². The second-order valence-corrected chi connectivity index (χ2v) is 12.3. The van der Waals surface area contributed by atoms with E-state index in [1.165, 1.54) is 49.4 Å². The fourth-order valence-electron chi connectivity index (χ4n) is 7.22. The van der Waals surface area contributed by atoms with Crippen LogP contribution in [0.2, 0.25) is 0 Å². The molecule has 8 aromatic carbocycles. The number of rotatable bonds is 6. The molecule has 0 fully saturated rings. The molecule has 0 saturated carbocycles. The van der Waals surface area contributed by atoms with Crippen molar-refractivity contribution in [2.45, 2.75) is 13.2 Å². The number of para-hydroxylation sites is 2. The Kier molecular flexibility index (Phi) is 5.91. The van der Waals surface area contributed by atoms with Crippen LogP contribution in [0.1, 0.15) is 19.5 Å². The molecule has 0 atom stereocenters. The lowest BCUT2D eigenvalue weighted by atomic mass is 9.84. The summed E-state index contributed by atoms with van der Waals surface area (Å²) in [5.74, 6) is -0.144. The summed E-state index contributed by atoms with van der Waals surface area (Å²) in [6.07, 6.45) is -2.66. The van der Waals surface area contributed by atoms with Crippen LogP contribution in [0, 0.1) is 0 Å². The maximum Gasteiger partial charge on any atom is 0.114 e. The van der Waals surface area contributed by atoms with E-state index >= 15 is 0 Å². The molecule has 9 aromatic rings. The molecule has 0 aliphatic carbocycles. The van der Waals surface area contributed by atoms with Crippen LogP contribution < -0.4 is 0 Å². The summed E-state index contributed by atoms with van der Waals surface area (Å²) in [4.78, 5) is 4.46. The van der Waals surface area contributed by atoms with E-state index in [1.54, 1.807) is 10.6 Å². The number of hydrogen-bond donors (Lipinski definition) is 0. The number of imidazole rings is 1. The average Bonchev–Trinajstić information content (AvgIpc) is 3.61. The molecule has 0 saturated heterocycles. The van der Waals surface area contributed by atoms with Crippen molar-refractivity contribution in [2.75, 3.05) is 0 Å². The molecule has 0 aliphatic rings. The van der Waals surface area contributed by atoms with E-state index in [1.807, 2.05) is 48.5 Å². The second kappa shape index (κ2) is 12.1. The Morgan fingerprint density at radius 2 is 0.959 bits per heavy atom. The van der Waals surface area contributed by atoms with Crippen LogP contribution in [0.4, 0.5) is 0 Å². The van der Waals surface area contributed by atoms with Crippen molar-refractivity contribution >= 4 is 32.6 Å². The Morgan fingerprint density at radius 3 is 1.65 bits per heavy atom. The number of fused-ring (bicyclic) bond motifs is 3. The van der Waals surface area contributed by atoms with Gasteiger partial charge in [-0.3, -0.25) is 4.57 Å². The first kappa shape index (κ1) is 24.0. The largest absolute Gasteiger partial charge is 0.296 e. The summed E-state index contributed by atoms with van der Waals surface area (Å²) in [5, 5.41) is 4.77. The molecule has 0 radical (unpaired) electrons. The number of aryl methyl sites for hydroxylation is 1. The van der Waals surface area contributed by atoms with E-state index in [0.717, 1.165) is 16.7 Å². The van der Waals surface area contributed by atoms with Gasteiger partial charge >= 0.3 is 0 Å². The molecular weight excluding hydrogens is 593 g/mol. The summed E-state index contributed by atoms with van der Waals surface area (Å²) in [6, 6.07) is 60.3. The van der Waals surface area contributed by atoms with Gasteiger partial charge in [0.15, 0.2) is 0 Å². The van der Waals surface area contributed by atoms with Gasteiger partial charge in [-0.25, -0.2) is 4.98 Å². The second-order valence-electron chi connectivity index (χ2n) is 12.3. The summed E-state index contributed by atoms with van der Waals surface area (Å²) in [7, 11) is 0. The molecule has 1 aromatic heterocycles. The van der Waals surface area contributed by atoms with Gasteiger partial charge in [-0.15, -0.1) is 0 Å². The Hall–Kier alpha value is -6.25. The zero-order valence-corrected chi connectivity index (χ0v) is 26.6. The van der Waals surface area contributed by atoms with E-state index in [-0.39, 0.29) is 5.82 Å². The Bertz CT molecular complexity index is 2810. The standard InChI is InChI=1S/C47H34N2/c1-2-45-48-43-19-11-12-20-44(43)49(45)38-28-25-34(26-29-38)33-21-23-36(24-22-33)46-39-17-9-10-18-40(39)47(35-15-7-4-8-16-35)42-31-37(27-30-41(42)46)32-13-5-3-6-14-32/h3-31H,2H2,1H3/i1D3,2D2. The van der Waals surface area contributed by atoms with Gasteiger partial charge in [0.25, 0.3) is 0 Å². The fraction of sp³-hybridized carbons (Fsp3) is 0.0426. The molecule has 1 heterocycles. The van der Waals surface area contributed by atoms with Crippen LogP contribution in [0.3, 0.4) is 0 Å². The van der Waals surface area contributed by atoms with Crippen LogP contribution >= 0.6 is 0 Å². The van der Waals surface area contributed by atoms with Crippen LogP contribution in [-0.2, 0) is 6.37 Å². The molecule has 2 heteroatoms. The molecule has 49 heavy (non-hydrogen) atoms. The van der Waals surface area contributed by atoms with Crippen molar-refractivity contribution < 1.29 is 6.85 Å². The fourth-order valence-corrected chi connectivity index (χ4v) is 7.22. The number of benzene rings is 8. The van der Waals surface area contributed by atoms with Gasteiger partial charge in [0.05, 0.1) is 11.0 Å². The minimum absolute atomic E-state index is 0.144. The average molecular weight is 632 g/mol. The predicted molar refractivity (Wildman–Crippen MR) is 207 cm³/mol. The maximum atomic E-state index is 8.54. The minimum Gasteiger partial charge on any atom is -0.296 e. The van der Waals surface area contributed by atoms with Crippen molar-refractivity contribution in [1.29, 1.82) is 0 Å². The minimum atomic E-state index is -2.89. The molecule has 232 valence electrons. The lowest BCUT2D eigenvalue weighted by Crippen LogP contribution is -1.99. The van der Waals surface area contributed by atoms with E-state index in [2.05, 4.69) is 126 Å². The number of hydrogen-bond acceptors (Lipinski definition) is 1. The van der Waals surface area contributed by atoms with Crippen molar-refractivity contribution in [3.63, 3.8) is 0 Å². The van der Waals surface area contributed by atoms with Gasteiger partial charge in [-0.1, -0.05) is 152 Å². The quantitative estimate of drug-likeness (QED) is 0.167. The van der Waals surface area contributed by atoms with Gasteiger partial charge in [0.1, 0.15) is 5.82 Å². The third-order valence-electron chi connectivity index (χ3n) is 9.50.